The number of hydrogen-bond donors (Lipinski definition) is 1. The Balaban J connectivity index is 2.22. The molecule has 0 radical (unpaired) electrons. The molecule has 0 bridgehead atoms. The second-order valence-corrected chi connectivity index (χ2v) is 5.34. The Labute approximate surface area is 141 Å². The first kappa shape index (κ1) is 15.5. The Morgan fingerprint density at radius 3 is 2.67 bits per heavy atom. The molecule has 0 spiro atoms. The zero-order chi connectivity index (χ0) is 17.1. The number of ether oxygens (including phenoxy) is 1. The van der Waals surface area contributed by atoms with E-state index in [0.717, 1.165) is 22.2 Å². The minimum absolute atomic E-state index is 0.589. The summed E-state index contributed by atoms with van der Waals surface area (Å²) < 4.78 is 7.34. The smallest absolute Gasteiger partial charge is 0.120 e. The lowest BCUT2D eigenvalue weighted by molar-refractivity contribution is 0.415. The molecule has 2 N–H and O–H groups in total. The zero-order valence-corrected chi connectivity index (χ0v) is 13.6. The lowest BCUT2D eigenvalue weighted by Crippen LogP contribution is -1.98. The van der Waals surface area contributed by atoms with Crippen molar-refractivity contribution in [2.24, 2.45) is 0 Å². The molecule has 0 saturated heterocycles. The number of aromatic nitrogens is 1. The number of nitrogen functional groups attached to an aromatic ring is 1. The molecule has 1 aromatic heterocycles. The standard InChI is InChI=1S/C20H17N3O/c1-3-23-19(10-7-14-5-4-6-15(22)11-14)18(13-21)17-9-8-16(24-2)12-20(17)23/h4-6,8-9,11-12H,3,22H2,1-2H3. The Hall–Kier alpha value is -3.37. The van der Waals surface area contributed by atoms with E-state index < -0.39 is 0 Å². The summed E-state index contributed by atoms with van der Waals surface area (Å²) in [5.74, 6) is 7.01. The van der Waals surface area contributed by atoms with E-state index in [4.69, 9.17) is 10.5 Å². The van der Waals surface area contributed by atoms with Crippen molar-refractivity contribution >= 4 is 16.6 Å². The van der Waals surface area contributed by atoms with Crippen LogP contribution in [-0.4, -0.2) is 11.7 Å². The second-order valence-electron chi connectivity index (χ2n) is 5.34. The summed E-state index contributed by atoms with van der Waals surface area (Å²) in [5.41, 5.74) is 9.54. The number of nitriles is 1. The van der Waals surface area contributed by atoms with Crippen molar-refractivity contribution in [3.8, 4) is 23.7 Å². The zero-order valence-electron chi connectivity index (χ0n) is 13.6. The molecule has 118 valence electrons. The number of aryl methyl sites for hydroxylation is 1. The number of rotatable bonds is 2. The summed E-state index contributed by atoms with van der Waals surface area (Å²) in [6, 6.07) is 15.4. The number of benzene rings is 2. The van der Waals surface area contributed by atoms with E-state index in [1.165, 1.54) is 0 Å². The average molecular weight is 315 g/mol. The molecule has 4 heteroatoms. The highest BCUT2D eigenvalue weighted by Crippen LogP contribution is 2.28. The highest BCUT2D eigenvalue weighted by atomic mass is 16.5. The highest BCUT2D eigenvalue weighted by molar-refractivity contribution is 5.90. The molecular weight excluding hydrogens is 298 g/mol. The Morgan fingerprint density at radius 2 is 2.00 bits per heavy atom. The van der Waals surface area contributed by atoms with Crippen LogP contribution in [0.3, 0.4) is 0 Å². The fourth-order valence-corrected chi connectivity index (χ4v) is 2.78. The van der Waals surface area contributed by atoms with Crippen LogP contribution >= 0.6 is 0 Å². The summed E-state index contributed by atoms with van der Waals surface area (Å²) in [6.07, 6.45) is 0. The van der Waals surface area contributed by atoms with Crippen molar-refractivity contribution in [1.82, 2.24) is 4.57 Å². The van der Waals surface area contributed by atoms with Gasteiger partial charge in [-0.2, -0.15) is 5.26 Å². The van der Waals surface area contributed by atoms with Gasteiger partial charge in [0.2, 0.25) is 0 Å². The van der Waals surface area contributed by atoms with E-state index >= 15 is 0 Å². The third-order valence-corrected chi connectivity index (χ3v) is 3.91. The molecule has 3 rings (SSSR count). The minimum Gasteiger partial charge on any atom is -0.497 e. The minimum atomic E-state index is 0.589. The predicted octanol–water partition coefficient (Wildman–Crippen LogP) is 3.52. The number of fused-ring (bicyclic) bond motifs is 1. The molecule has 0 aliphatic carbocycles. The number of methoxy groups -OCH3 is 1. The van der Waals surface area contributed by atoms with Crippen LogP contribution in [0.5, 0.6) is 5.75 Å². The summed E-state index contributed by atoms with van der Waals surface area (Å²) >= 11 is 0. The van der Waals surface area contributed by atoms with Gasteiger partial charge in [-0.25, -0.2) is 0 Å². The molecule has 0 aliphatic rings. The first-order chi connectivity index (χ1) is 11.7. The van der Waals surface area contributed by atoms with Gasteiger partial charge in [-0.1, -0.05) is 12.0 Å². The van der Waals surface area contributed by atoms with E-state index in [2.05, 4.69) is 17.9 Å². The van der Waals surface area contributed by atoms with E-state index in [9.17, 15) is 5.26 Å². The van der Waals surface area contributed by atoms with Crippen LogP contribution in [0.4, 0.5) is 5.69 Å². The van der Waals surface area contributed by atoms with Crippen molar-refractivity contribution < 1.29 is 4.74 Å². The molecule has 3 aromatic rings. The molecule has 0 fully saturated rings. The number of anilines is 1. The number of nitrogens with zero attached hydrogens (tertiary/aromatic N) is 2. The van der Waals surface area contributed by atoms with Crippen LogP contribution in [0, 0.1) is 23.2 Å². The van der Waals surface area contributed by atoms with Gasteiger partial charge in [0.15, 0.2) is 0 Å². The third-order valence-electron chi connectivity index (χ3n) is 3.91. The monoisotopic (exact) mass is 315 g/mol. The molecule has 2 aromatic carbocycles. The SMILES string of the molecule is CCn1c(C#Cc2cccc(N)c2)c(C#N)c2ccc(OC)cc21. The van der Waals surface area contributed by atoms with Gasteiger partial charge in [0.1, 0.15) is 17.5 Å². The first-order valence-corrected chi connectivity index (χ1v) is 7.65. The predicted molar refractivity (Wildman–Crippen MR) is 95.7 cm³/mol. The second kappa shape index (κ2) is 6.40. The number of hydrogen-bond acceptors (Lipinski definition) is 3. The van der Waals surface area contributed by atoms with Gasteiger partial charge >= 0.3 is 0 Å². The fraction of sp³-hybridized carbons (Fsp3) is 0.150. The van der Waals surface area contributed by atoms with E-state index in [1.54, 1.807) is 7.11 Å². The number of nitrogens with two attached hydrogens (primary N) is 1. The first-order valence-electron chi connectivity index (χ1n) is 7.65. The Kier molecular flexibility index (Phi) is 4.14. The van der Waals surface area contributed by atoms with Crippen LogP contribution < -0.4 is 10.5 Å². The highest BCUT2D eigenvalue weighted by Gasteiger charge is 2.15. The molecular formula is C20H17N3O. The molecule has 0 atom stereocenters. The normalized spacial score (nSPS) is 10.0. The largest absolute Gasteiger partial charge is 0.497 e. The maximum atomic E-state index is 9.61. The van der Waals surface area contributed by atoms with Crippen molar-refractivity contribution in [3.63, 3.8) is 0 Å². The van der Waals surface area contributed by atoms with Crippen LogP contribution in [0.15, 0.2) is 42.5 Å². The molecule has 0 saturated carbocycles. The van der Waals surface area contributed by atoms with Gasteiger partial charge in [-0.3, -0.25) is 0 Å². The van der Waals surface area contributed by atoms with E-state index in [1.807, 2.05) is 54.0 Å². The quantitative estimate of drug-likeness (QED) is 0.581. The lowest BCUT2D eigenvalue weighted by atomic mass is 10.1. The summed E-state index contributed by atoms with van der Waals surface area (Å²) in [4.78, 5) is 0. The average Bonchev–Trinajstić information content (AvgIpc) is 2.91. The van der Waals surface area contributed by atoms with Gasteiger partial charge < -0.3 is 15.0 Å². The van der Waals surface area contributed by atoms with E-state index in [0.29, 0.717) is 23.5 Å². The maximum absolute atomic E-state index is 9.61. The summed E-state index contributed by atoms with van der Waals surface area (Å²) in [7, 11) is 1.63. The molecule has 1 heterocycles. The maximum Gasteiger partial charge on any atom is 0.120 e. The van der Waals surface area contributed by atoms with Gasteiger partial charge in [0.25, 0.3) is 0 Å². The van der Waals surface area contributed by atoms with Crippen molar-refractivity contribution in [1.29, 1.82) is 5.26 Å². The van der Waals surface area contributed by atoms with E-state index in [-0.39, 0.29) is 0 Å². The van der Waals surface area contributed by atoms with Crippen LogP contribution in [0.2, 0.25) is 0 Å². The van der Waals surface area contributed by atoms with Gasteiger partial charge in [0, 0.05) is 29.2 Å². The van der Waals surface area contributed by atoms with Crippen LogP contribution in [0.25, 0.3) is 10.9 Å². The van der Waals surface area contributed by atoms with Crippen LogP contribution in [0.1, 0.15) is 23.7 Å². The molecule has 0 amide bonds. The molecule has 24 heavy (non-hydrogen) atoms. The van der Waals surface area contributed by atoms with Gasteiger partial charge in [-0.15, -0.1) is 0 Å². The molecule has 0 unspecified atom stereocenters. The van der Waals surface area contributed by atoms with Crippen molar-refractivity contribution in [3.05, 3.63) is 59.3 Å². The fourth-order valence-electron chi connectivity index (χ4n) is 2.78. The van der Waals surface area contributed by atoms with Crippen molar-refractivity contribution in [2.45, 2.75) is 13.5 Å². The summed E-state index contributed by atoms with van der Waals surface area (Å²) in [5, 5.41) is 10.5. The Bertz CT molecular complexity index is 1010. The third kappa shape index (κ3) is 2.66. The Morgan fingerprint density at radius 1 is 1.17 bits per heavy atom. The lowest BCUT2D eigenvalue weighted by Gasteiger charge is -2.04. The summed E-state index contributed by atoms with van der Waals surface area (Å²) in [6.45, 7) is 2.75. The van der Waals surface area contributed by atoms with Crippen LogP contribution in [-0.2, 0) is 6.54 Å². The topological polar surface area (TPSA) is 64.0 Å². The van der Waals surface area contributed by atoms with Gasteiger partial charge in [0.05, 0.1) is 18.2 Å². The molecule has 0 aliphatic heterocycles. The van der Waals surface area contributed by atoms with Gasteiger partial charge in [-0.05, 0) is 43.2 Å². The molecule has 4 nitrogen and oxygen atoms in total. The van der Waals surface area contributed by atoms with Crippen molar-refractivity contribution in [2.75, 3.05) is 12.8 Å².